The van der Waals surface area contributed by atoms with Crippen molar-refractivity contribution in [2.45, 2.75) is 22.4 Å². The van der Waals surface area contributed by atoms with Gasteiger partial charge in [0.2, 0.25) is 5.91 Å². The lowest BCUT2D eigenvalue weighted by molar-refractivity contribution is -0.115. The van der Waals surface area contributed by atoms with Crippen LogP contribution < -0.4 is 5.32 Å². The molecule has 0 bridgehead atoms. The first-order valence-corrected chi connectivity index (χ1v) is 8.18. The fraction of sp³-hybridized carbons (Fsp3) is 0.188. The van der Waals surface area contributed by atoms with Gasteiger partial charge in [-0.05, 0) is 43.3 Å². The summed E-state index contributed by atoms with van der Waals surface area (Å²) in [6.45, 7) is 1.82. The number of anilines is 1. The highest BCUT2D eigenvalue weighted by molar-refractivity contribution is 8.00. The lowest BCUT2D eigenvalue weighted by Crippen LogP contribution is -2.31. The average molecular weight is 340 g/mol. The predicted octanol–water partition coefficient (Wildman–Crippen LogP) is 5.07. The fourth-order valence-electron chi connectivity index (χ4n) is 1.75. The number of nitrogens with one attached hydrogen (secondary N) is 1. The van der Waals surface area contributed by atoms with Gasteiger partial charge in [0, 0.05) is 15.6 Å². The maximum absolute atomic E-state index is 12.4. The van der Waals surface area contributed by atoms with Crippen molar-refractivity contribution in [2.24, 2.45) is 0 Å². The van der Waals surface area contributed by atoms with Crippen molar-refractivity contribution in [1.82, 2.24) is 0 Å². The molecule has 2 aromatic rings. The molecule has 0 fully saturated rings. The van der Waals surface area contributed by atoms with Crippen LogP contribution in [0.5, 0.6) is 0 Å². The number of halogens is 2. The molecule has 5 heteroatoms. The second-order valence-electron chi connectivity index (χ2n) is 4.53. The summed E-state index contributed by atoms with van der Waals surface area (Å²) >= 11 is 13.5. The molecule has 0 saturated carbocycles. The van der Waals surface area contributed by atoms with Crippen LogP contribution in [0.4, 0.5) is 5.69 Å². The average Bonchev–Trinajstić information content (AvgIpc) is 2.48. The van der Waals surface area contributed by atoms with E-state index >= 15 is 0 Å². The monoisotopic (exact) mass is 339 g/mol. The molecule has 0 aliphatic heterocycles. The molecule has 0 aromatic heterocycles. The number of benzene rings is 2. The van der Waals surface area contributed by atoms with Gasteiger partial charge >= 0.3 is 0 Å². The van der Waals surface area contributed by atoms with E-state index in [2.05, 4.69) is 5.32 Å². The Kier molecular flexibility index (Phi) is 5.97. The van der Waals surface area contributed by atoms with Crippen LogP contribution in [0.3, 0.4) is 0 Å². The molecule has 0 aliphatic carbocycles. The zero-order valence-electron chi connectivity index (χ0n) is 11.4. The SMILES string of the molecule is C[C@@H](Cl)[C@@H](Sc1ccccc1)C(=O)Nc1ccc(Cl)cc1. The minimum Gasteiger partial charge on any atom is -0.325 e. The van der Waals surface area contributed by atoms with Crippen molar-refractivity contribution < 1.29 is 4.79 Å². The third-order valence-corrected chi connectivity index (χ3v) is 4.87. The molecule has 2 atom stereocenters. The molecule has 2 nitrogen and oxygen atoms in total. The predicted molar refractivity (Wildman–Crippen MR) is 91.5 cm³/mol. The number of thioether (sulfide) groups is 1. The van der Waals surface area contributed by atoms with Crippen LogP contribution >= 0.6 is 35.0 Å². The molecular weight excluding hydrogens is 325 g/mol. The van der Waals surface area contributed by atoms with Gasteiger partial charge in [-0.2, -0.15) is 0 Å². The Labute approximate surface area is 138 Å². The van der Waals surface area contributed by atoms with Crippen LogP contribution in [-0.2, 0) is 4.79 Å². The van der Waals surface area contributed by atoms with Crippen LogP contribution in [0.1, 0.15) is 6.92 Å². The Morgan fingerprint density at radius 1 is 1.10 bits per heavy atom. The highest BCUT2D eigenvalue weighted by Crippen LogP contribution is 2.28. The largest absolute Gasteiger partial charge is 0.325 e. The first-order chi connectivity index (χ1) is 10.1. The van der Waals surface area contributed by atoms with Crippen LogP contribution in [0, 0.1) is 0 Å². The molecule has 0 heterocycles. The summed E-state index contributed by atoms with van der Waals surface area (Å²) in [6.07, 6.45) is 0. The topological polar surface area (TPSA) is 29.1 Å². The van der Waals surface area contributed by atoms with E-state index in [1.165, 1.54) is 11.8 Å². The number of amides is 1. The molecule has 21 heavy (non-hydrogen) atoms. The zero-order valence-corrected chi connectivity index (χ0v) is 13.8. The summed E-state index contributed by atoms with van der Waals surface area (Å²) in [5.41, 5.74) is 0.709. The van der Waals surface area contributed by atoms with Crippen molar-refractivity contribution in [3.63, 3.8) is 0 Å². The molecular formula is C16H15Cl2NOS. The summed E-state index contributed by atoms with van der Waals surface area (Å²) in [6, 6.07) is 16.8. The van der Waals surface area contributed by atoms with Gasteiger partial charge in [0.05, 0.1) is 5.38 Å². The molecule has 2 rings (SSSR count). The zero-order chi connectivity index (χ0) is 15.2. The van der Waals surface area contributed by atoms with Gasteiger partial charge in [0.15, 0.2) is 0 Å². The van der Waals surface area contributed by atoms with Crippen LogP contribution in [-0.4, -0.2) is 16.5 Å². The highest BCUT2D eigenvalue weighted by atomic mass is 35.5. The van der Waals surface area contributed by atoms with E-state index < -0.39 is 0 Å². The van der Waals surface area contributed by atoms with E-state index in [0.29, 0.717) is 10.7 Å². The summed E-state index contributed by atoms with van der Waals surface area (Å²) < 4.78 is 0. The quantitative estimate of drug-likeness (QED) is 0.608. The minimum absolute atomic E-state index is 0.117. The normalized spacial score (nSPS) is 13.5. The van der Waals surface area contributed by atoms with E-state index in [0.717, 1.165) is 4.90 Å². The van der Waals surface area contributed by atoms with Crippen molar-refractivity contribution in [1.29, 1.82) is 0 Å². The second kappa shape index (κ2) is 7.74. The molecule has 2 aromatic carbocycles. The number of carbonyl (C=O) groups is 1. The molecule has 110 valence electrons. The Balaban J connectivity index is 2.07. The van der Waals surface area contributed by atoms with Crippen LogP contribution in [0.15, 0.2) is 59.5 Å². The number of alkyl halides is 1. The van der Waals surface area contributed by atoms with E-state index in [1.807, 2.05) is 37.3 Å². The third-order valence-electron chi connectivity index (χ3n) is 2.79. The Bertz CT molecular complexity index is 587. The minimum atomic E-state index is -0.371. The van der Waals surface area contributed by atoms with Crippen molar-refractivity contribution in [2.75, 3.05) is 5.32 Å². The van der Waals surface area contributed by atoms with Gasteiger partial charge in [0.25, 0.3) is 0 Å². The molecule has 1 amide bonds. The van der Waals surface area contributed by atoms with Crippen molar-refractivity contribution >= 4 is 46.6 Å². The molecule has 1 N–H and O–H groups in total. The number of hydrogen-bond acceptors (Lipinski definition) is 2. The van der Waals surface area contributed by atoms with Crippen molar-refractivity contribution in [3.8, 4) is 0 Å². The first-order valence-electron chi connectivity index (χ1n) is 6.48. The molecule has 0 radical (unpaired) electrons. The Morgan fingerprint density at radius 2 is 1.71 bits per heavy atom. The van der Waals surface area contributed by atoms with Gasteiger partial charge in [-0.1, -0.05) is 29.8 Å². The van der Waals surface area contributed by atoms with Crippen LogP contribution in [0.25, 0.3) is 0 Å². The van der Waals surface area contributed by atoms with Gasteiger partial charge in [-0.15, -0.1) is 23.4 Å². The second-order valence-corrected chi connectivity index (χ2v) is 6.87. The summed E-state index contributed by atoms with van der Waals surface area (Å²) in [5.74, 6) is -0.117. The lowest BCUT2D eigenvalue weighted by atomic mass is 10.2. The highest BCUT2D eigenvalue weighted by Gasteiger charge is 2.25. The molecule has 0 spiro atoms. The Hall–Kier alpha value is -1.16. The maximum Gasteiger partial charge on any atom is 0.239 e. The first kappa shape index (κ1) is 16.2. The Morgan fingerprint density at radius 3 is 2.29 bits per heavy atom. The molecule has 0 unspecified atom stereocenters. The van der Waals surface area contributed by atoms with Gasteiger partial charge in [0.1, 0.15) is 5.25 Å². The number of hydrogen-bond donors (Lipinski definition) is 1. The van der Waals surface area contributed by atoms with Crippen molar-refractivity contribution in [3.05, 3.63) is 59.6 Å². The van der Waals surface area contributed by atoms with E-state index in [-0.39, 0.29) is 16.5 Å². The summed E-state index contributed by atoms with van der Waals surface area (Å²) in [7, 11) is 0. The molecule has 0 saturated heterocycles. The lowest BCUT2D eigenvalue weighted by Gasteiger charge is -2.18. The maximum atomic E-state index is 12.4. The smallest absolute Gasteiger partial charge is 0.239 e. The number of carbonyl (C=O) groups excluding carboxylic acids is 1. The van der Waals surface area contributed by atoms with Crippen LogP contribution in [0.2, 0.25) is 5.02 Å². The van der Waals surface area contributed by atoms with E-state index in [9.17, 15) is 4.79 Å². The van der Waals surface area contributed by atoms with Gasteiger partial charge < -0.3 is 5.32 Å². The van der Waals surface area contributed by atoms with Gasteiger partial charge in [-0.3, -0.25) is 4.79 Å². The van der Waals surface area contributed by atoms with E-state index in [4.69, 9.17) is 23.2 Å². The number of rotatable bonds is 5. The van der Waals surface area contributed by atoms with Gasteiger partial charge in [-0.25, -0.2) is 0 Å². The summed E-state index contributed by atoms with van der Waals surface area (Å²) in [5, 5.41) is 2.84. The third kappa shape index (κ3) is 4.95. The molecule has 0 aliphatic rings. The summed E-state index contributed by atoms with van der Waals surface area (Å²) in [4.78, 5) is 13.4. The van der Waals surface area contributed by atoms with E-state index in [1.54, 1.807) is 24.3 Å². The fourth-order valence-corrected chi connectivity index (χ4v) is 3.10. The standard InChI is InChI=1S/C16H15Cl2NOS/c1-11(17)15(21-14-5-3-2-4-6-14)16(20)19-13-9-7-12(18)8-10-13/h2-11,15H,1H3,(H,19,20)/t11-,15-/m1/s1.